The van der Waals surface area contributed by atoms with Gasteiger partial charge < -0.3 is 10.1 Å². The minimum Gasteiger partial charge on any atom is -0.384 e. The summed E-state index contributed by atoms with van der Waals surface area (Å²) in [5, 5.41) is 3.59. The van der Waals surface area contributed by atoms with Gasteiger partial charge in [0.25, 0.3) is 0 Å². The summed E-state index contributed by atoms with van der Waals surface area (Å²) in [6.45, 7) is 7.75. The van der Waals surface area contributed by atoms with Gasteiger partial charge in [-0.3, -0.25) is 0 Å². The van der Waals surface area contributed by atoms with E-state index < -0.39 is 0 Å². The lowest BCUT2D eigenvalue weighted by Crippen LogP contribution is -2.30. The molecular formula is C14H29NO. The molecule has 0 bridgehead atoms. The number of rotatable bonds is 7. The average Bonchev–Trinajstić information content (AvgIpc) is 2.30. The predicted molar refractivity (Wildman–Crippen MR) is 69.6 cm³/mol. The smallest absolute Gasteiger partial charge is 0.0499 e. The summed E-state index contributed by atoms with van der Waals surface area (Å²) in [7, 11) is 1.78. The molecule has 1 atom stereocenters. The van der Waals surface area contributed by atoms with Gasteiger partial charge in [-0.2, -0.15) is 0 Å². The molecule has 0 aromatic rings. The van der Waals surface area contributed by atoms with Crippen molar-refractivity contribution in [2.24, 2.45) is 17.8 Å². The number of ether oxygens (including phenoxy) is 1. The summed E-state index contributed by atoms with van der Waals surface area (Å²) in [5.74, 6) is 2.58. The Morgan fingerprint density at radius 3 is 2.38 bits per heavy atom. The van der Waals surface area contributed by atoms with Crippen LogP contribution in [0.4, 0.5) is 0 Å². The Morgan fingerprint density at radius 2 is 1.81 bits per heavy atom. The minimum absolute atomic E-state index is 0.636. The number of hydrogen-bond donors (Lipinski definition) is 1. The highest BCUT2D eigenvalue weighted by Gasteiger charge is 2.19. The molecule has 1 aliphatic rings. The summed E-state index contributed by atoms with van der Waals surface area (Å²) in [6.07, 6.45) is 7.16. The van der Waals surface area contributed by atoms with Gasteiger partial charge in [0.1, 0.15) is 0 Å². The van der Waals surface area contributed by atoms with Crippen LogP contribution in [0.1, 0.15) is 46.0 Å². The van der Waals surface area contributed by atoms with Gasteiger partial charge in [0.05, 0.1) is 0 Å². The van der Waals surface area contributed by atoms with E-state index in [1.54, 1.807) is 7.11 Å². The number of methoxy groups -OCH3 is 1. The van der Waals surface area contributed by atoms with Crippen molar-refractivity contribution in [3.8, 4) is 0 Å². The first kappa shape index (κ1) is 14.0. The lowest BCUT2D eigenvalue weighted by atomic mass is 9.81. The Bertz CT molecular complexity index is 164. The summed E-state index contributed by atoms with van der Waals surface area (Å²) in [4.78, 5) is 0. The number of hydrogen-bond acceptors (Lipinski definition) is 2. The van der Waals surface area contributed by atoms with Crippen molar-refractivity contribution in [3.63, 3.8) is 0 Å². The van der Waals surface area contributed by atoms with E-state index in [0.717, 1.165) is 25.0 Å². The molecule has 1 rings (SSSR count). The van der Waals surface area contributed by atoms with Crippen LogP contribution in [0, 0.1) is 17.8 Å². The quantitative estimate of drug-likeness (QED) is 0.721. The molecule has 1 N–H and O–H groups in total. The fourth-order valence-corrected chi connectivity index (χ4v) is 2.72. The van der Waals surface area contributed by atoms with Crippen LogP contribution >= 0.6 is 0 Å². The van der Waals surface area contributed by atoms with E-state index in [9.17, 15) is 0 Å². The molecule has 1 fully saturated rings. The van der Waals surface area contributed by atoms with E-state index in [2.05, 4.69) is 19.2 Å². The molecule has 0 amide bonds. The van der Waals surface area contributed by atoms with Gasteiger partial charge >= 0.3 is 0 Å². The van der Waals surface area contributed by atoms with Crippen LogP contribution < -0.4 is 5.32 Å². The Labute approximate surface area is 101 Å². The third kappa shape index (κ3) is 5.31. The highest BCUT2D eigenvalue weighted by Crippen LogP contribution is 2.29. The molecule has 1 aliphatic carbocycles. The van der Waals surface area contributed by atoms with E-state index in [4.69, 9.17) is 4.74 Å². The van der Waals surface area contributed by atoms with Crippen LogP contribution in [0.15, 0.2) is 0 Å². The van der Waals surface area contributed by atoms with Crippen molar-refractivity contribution in [2.75, 3.05) is 26.8 Å². The molecule has 0 aromatic heterocycles. The second kappa shape index (κ2) is 8.08. The lowest BCUT2D eigenvalue weighted by Gasteiger charge is -2.28. The van der Waals surface area contributed by atoms with Crippen LogP contribution in [0.2, 0.25) is 0 Å². The van der Waals surface area contributed by atoms with Crippen molar-refractivity contribution in [3.05, 3.63) is 0 Å². The predicted octanol–water partition coefficient (Wildman–Crippen LogP) is 3.07. The minimum atomic E-state index is 0.636. The topological polar surface area (TPSA) is 21.3 Å². The van der Waals surface area contributed by atoms with Crippen molar-refractivity contribution in [1.82, 2.24) is 5.32 Å². The normalized spacial score (nSPS) is 27.9. The third-order valence-corrected chi connectivity index (χ3v) is 3.92. The van der Waals surface area contributed by atoms with E-state index >= 15 is 0 Å². The summed E-state index contributed by atoms with van der Waals surface area (Å²) >= 11 is 0. The first-order valence-electron chi connectivity index (χ1n) is 6.95. The molecule has 0 heterocycles. The zero-order valence-electron chi connectivity index (χ0n) is 11.3. The van der Waals surface area contributed by atoms with Gasteiger partial charge in [0.2, 0.25) is 0 Å². The molecule has 1 unspecified atom stereocenters. The van der Waals surface area contributed by atoms with Crippen LogP contribution in [-0.2, 0) is 4.74 Å². The van der Waals surface area contributed by atoms with Gasteiger partial charge in [-0.1, -0.05) is 33.1 Å². The van der Waals surface area contributed by atoms with Crippen LogP contribution in [0.3, 0.4) is 0 Å². The zero-order chi connectivity index (χ0) is 11.8. The number of nitrogens with one attached hydrogen (secondary N) is 1. The van der Waals surface area contributed by atoms with Crippen LogP contribution in [0.25, 0.3) is 0 Å². The molecule has 2 nitrogen and oxygen atoms in total. The van der Waals surface area contributed by atoms with Crippen molar-refractivity contribution in [2.45, 2.75) is 46.0 Å². The molecule has 96 valence electrons. The molecule has 0 radical (unpaired) electrons. The third-order valence-electron chi connectivity index (χ3n) is 3.92. The highest BCUT2D eigenvalue weighted by molar-refractivity contribution is 4.73. The van der Waals surface area contributed by atoms with Crippen molar-refractivity contribution >= 4 is 0 Å². The monoisotopic (exact) mass is 227 g/mol. The Hall–Kier alpha value is -0.0800. The molecule has 2 heteroatoms. The zero-order valence-corrected chi connectivity index (χ0v) is 11.3. The van der Waals surface area contributed by atoms with Crippen LogP contribution in [0.5, 0.6) is 0 Å². The van der Waals surface area contributed by atoms with E-state index in [1.165, 1.54) is 38.6 Å². The van der Waals surface area contributed by atoms with Crippen molar-refractivity contribution < 1.29 is 4.74 Å². The van der Waals surface area contributed by atoms with Gasteiger partial charge in [0, 0.05) is 13.7 Å². The molecule has 1 saturated carbocycles. The maximum atomic E-state index is 5.13. The first-order valence-corrected chi connectivity index (χ1v) is 6.95. The molecule has 0 saturated heterocycles. The SMILES string of the molecule is CCC1CCC(CNCC(C)COC)CC1. The van der Waals surface area contributed by atoms with Gasteiger partial charge in [-0.25, -0.2) is 0 Å². The van der Waals surface area contributed by atoms with E-state index in [0.29, 0.717) is 5.92 Å². The second-order valence-corrected chi connectivity index (χ2v) is 5.51. The van der Waals surface area contributed by atoms with Gasteiger partial charge in [-0.05, 0) is 43.7 Å². The summed E-state index contributed by atoms with van der Waals surface area (Å²) in [5.41, 5.74) is 0. The Kier molecular flexibility index (Phi) is 7.06. The lowest BCUT2D eigenvalue weighted by molar-refractivity contribution is 0.156. The van der Waals surface area contributed by atoms with Gasteiger partial charge in [0.15, 0.2) is 0 Å². The fourth-order valence-electron chi connectivity index (χ4n) is 2.72. The largest absolute Gasteiger partial charge is 0.384 e. The highest BCUT2D eigenvalue weighted by atomic mass is 16.5. The summed E-state index contributed by atoms with van der Waals surface area (Å²) in [6, 6.07) is 0. The second-order valence-electron chi connectivity index (χ2n) is 5.51. The average molecular weight is 227 g/mol. The molecule has 0 aliphatic heterocycles. The standard InChI is InChI=1S/C14H29NO/c1-4-13-5-7-14(8-6-13)10-15-9-12(2)11-16-3/h12-15H,4-11H2,1-3H3. The molecule has 0 spiro atoms. The van der Waals surface area contributed by atoms with Gasteiger partial charge in [-0.15, -0.1) is 0 Å². The molecule has 0 aromatic carbocycles. The van der Waals surface area contributed by atoms with E-state index in [-0.39, 0.29) is 0 Å². The van der Waals surface area contributed by atoms with E-state index in [1.807, 2.05) is 0 Å². The molecule has 16 heavy (non-hydrogen) atoms. The first-order chi connectivity index (χ1) is 7.76. The Morgan fingerprint density at radius 1 is 1.19 bits per heavy atom. The summed E-state index contributed by atoms with van der Waals surface area (Å²) < 4.78 is 5.13. The van der Waals surface area contributed by atoms with Crippen LogP contribution in [-0.4, -0.2) is 26.8 Å². The fraction of sp³-hybridized carbons (Fsp3) is 1.00. The Balaban J connectivity index is 2.02. The van der Waals surface area contributed by atoms with Crippen molar-refractivity contribution in [1.29, 1.82) is 0 Å². The maximum Gasteiger partial charge on any atom is 0.0499 e. The maximum absolute atomic E-state index is 5.13. The molecular weight excluding hydrogens is 198 g/mol.